The SMILES string of the molecule is [B-]c1n(CC)cc[n+]1C. The number of nitrogens with zero attached hydrogens (tertiary/aromatic N) is 2. The molecular weight excluding hydrogens is 111 g/mol. The van der Waals surface area contributed by atoms with E-state index in [0.717, 1.165) is 12.3 Å². The summed E-state index contributed by atoms with van der Waals surface area (Å²) in [7, 11) is 7.57. The van der Waals surface area contributed by atoms with Crippen molar-refractivity contribution in [3.8, 4) is 0 Å². The largest absolute Gasteiger partial charge is 0.458 e. The van der Waals surface area contributed by atoms with Crippen LogP contribution < -0.4 is 10.3 Å². The first-order valence-electron chi connectivity index (χ1n) is 3.06. The zero-order chi connectivity index (χ0) is 6.85. The molecule has 0 bridgehead atoms. The van der Waals surface area contributed by atoms with Crippen LogP contribution in [0.1, 0.15) is 6.92 Å². The fourth-order valence-corrected chi connectivity index (χ4v) is 0.803. The van der Waals surface area contributed by atoms with E-state index in [9.17, 15) is 0 Å². The molecule has 0 saturated heterocycles. The Kier molecular flexibility index (Phi) is 1.60. The van der Waals surface area contributed by atoms with E-state index in [4.69, 9.17) is 7.85 Å². The summed E-state index contributed by atoms with van der Waals surface area (Å²) in [5, 5.41) is 0. The fourth-order valence-electron chi connectivity index (χ4n) is 0.803. The van der Waals surface area contributed by atoms with Crippen LogP contribution in [0.3, 0.4) is 0 Å². The van der Waals surface area contributed by atoms with Crippen LogP contribution in [0.4, 0.5) is 0 Å². The van der Waals surface area contributed by atoms with Crippen LogP contribution in [0.5, 0.6) is 0 Å². The lowest BCUT2D eigenvalue weighted by Crippen LogP contribution is -2.46. The van der Waals surface area contributed by atoms with E-state index in [1.807, 2.05) is 28.6 Å². The molecular formula is C6H10BN2. The maximum absolute atomic E-state index is 5.64. The second-order valence-corrected chi connectivity index (χ2v) is 2.05. The van der Waals surface area contributed by atoms with Crippen LogP contribution in [-0.4, -0.2) is 12.4 Å². The molecule has 0 spiro atoms. The third-order valence-electron chi connectivity index (χ3n) is 1.47. The van der Waals surface area contributed by atoms with Crippen LogP contribution in [0, 0.1) is 0 Å². The summed E-state index contributed by atoms with van der Waals surface area (Å²) in [6.07, 6.45) is 3.91. The number of aryl methyl sites for hydroxylation is 2. The molecule has 0 aliphatic rings. The van der Waals surface area contributed by atoms with Crippen LogP contribution in [0.2, 0.25) is 0 Å². The lowest BCUT2D eigenvalue weighted by atomic mass is 10.1. The lowest BCUT2D eigenvalue weighted by Gasteiger charge is -2.03. The summed E-state index contributed by atoms with van der Waals surface area (Å²) < 4.78 is 3.88. The quantitative estimate of drug-likeness (QED) is 0.337. The molecule has 47 valence electrons. The molecule has 1 heterocycles. The molecule has 0 saturated carbocycles. The number of hydrogen-bond acceptors (Lipinski definition) is 0. The number of aromatic nitrogens is 2. The van der Waals surface area contributed by atoms with Gasteiger partial charge in [-0.1, -0.05) is 0 Å². The zero-order valence-electron chi connectivity index (χ0n) is 5.83. The van der Waals surface area contributed by atoms with Crippen molar-refractivity contribution in [2.75, 3.05) is 0 Å². The predicted octanol–water partition coefficient (Wildman–Crippen LogP) is -0.874. The minimum absolute atomic E-state index is 0.803. The van der Waals surface area contributed by atoms with Gasteiger partial charge in [0.2, 0.25) is 0 Å². The molecule has 0 fully saturated rings. The van der Waals surface area contributed by atoms with Gasteiger partial charge in [-0.2, -0.15) is 0 Å². The van der Waals surface area contributed by atoms with Crippen molar-refractivity contribution in [3.63, 3.8) is 0 Å². The molecule has 0 aromatic carbocycles. The van der Waals surface area contributed by atoms with Crippen LogP contribution in [-0.2, 0) is 13.6 Å². The Hall–Kier alpha value is -0.725. The van der Waals surface area contributed by atoms with E-state index >= 15 is 0 Å². The second-order valence-electron chi connectivity index (χ2n) is 2.05. The smallest absolute Gasteiger partial charge is 0.126 e. The summed E-state index contributed by atoms with van der Waals surface area (Å²) in [4.78, 5) is 0. The van der Waals surface area contributed by atoms with Gasteiger partial charge in [-0.05, 0) is 12.6 Å². The fraction of sp³-hybridized carbons (Fsp3) is 0.500. The molecule has 0 amide bonds. The van der Waals surface area contributed by atoms with Crippen molar-refractivity contribution in [1.82, 2.24) is 4.57 Å². The third kappa shape index (κ3) is 0.993. The van der Waals surface area contributed by atoms with E-state index in [2.05, 4.69) is 6.92 Å². The Labute approximate surface area is 56.5 Å². The Balaban J connectivity index is 3.04. The summed E-state index contributed by atoms with van der Waals surface area (Å²) in [5.74, 6) is 0. The second kappa shape index (κ2) is 2.25. The Morgan fingerprint density at radius 2 is 2.44 bits per heavy atom. The average Bonchev–Trinajstić information content (AvgIpc) is 2.15. The van der Waals surface area contributed by atoms with Crippen LogP contribution in [0.15, 0.2) is 12.4 Å². The van der Waals surface area contributed by atoms with Crippen molar-refractivity contribution in [2.45, 2.75) is 13.5 Å². The third-order valence-corrected chi connectivity index (χ3v) is 1.47. The van der Waals surface area contributed by atoms with Crippen molar-refractivity contribution in [1.29, 1.82) is 0 Å². The highest BCUT2D eigenvalue weighted by atomic mass is 15.1. The molecule has 0 atom stereocenters. The zero-order valence-corrected chi connectivity index (χ0v) is 5.83. The van der Waals surface area contributed by atoms with E-state index in [0.29, 0.717) is 0 Å². The molecule has 0 aliphatic heterocycles. The number of hydrogen-bond donors (Lipinski definition) is 0. The van der Waals surface area contributed by atoms with Gasteiger partial charge in [-0.3, -0.25) is 9.13 Å². The Morgan fingerprint density at radius 1 is 1.78 bits per heavy atom. The van der Waals surface area contributed by atoms with Gasteiger partial charge in [-0.15, -0.1) is 0 Å². The molecule has 3 radical (unpaired) electrons. The van der Waals surface area contributed by atoms with Crippen molar-refractivity contribution >= 4 is 13.6 Å². The van der Waals surface area contributed by atoms with Gasteiger partial charge in [0, 0.05) is 0 Å². The van der Waals surface area contributed by atoms with E-state index < -0.39 is 0 Å². The summed E-state index contributed by atoms with van der Waals surface area (Å²) >= 11 is 0. The summed E-state index contributed by atoms with van der Waals surface area (Å²) in [6, 6.07) is 0. The minimum atomic E-state index is 0.803. The minimum Gasteiger partial charge on any atom is -0.458 e. The monoisotopic (exact) mass is 121 g/mol. The van der Waals surface area contributed by atoms with E-state index in [1.54, 1.807) is 0 Å². The standard InChI is InChI=1S/C6H10BN2/c1-3-9-5-4-8(2)6(9)7/h4-5H,3H2,1-2H3. The molecule has 2 nitrogen and oxygen atoms in total. The van der Waals surface area contributed by atoms with Gasteiger partial charge in [0.1, 0.15) is 12.4 Å². The van der Waals surface area contributed by atoms with Gasteiger partial charge < -0.3 is 7.85 Å². The van der Waals surface area contributed by atoms with Crippen molar-refractivity contribution in [3.05, 3.63) is 12.4 Å². The van der Waals surface area contributed by atoms with Gasteiger partial charge in [0.25, 0.3) is 0 Å². The Morgan fingerprint density at radius 3 is 2.67 bits per heavy atom. The molecule has 1 aromatic rings. The van der Waals surface area contributed by atoms with Crippen LogP contribution >= 0.6 is 0 Å². The van der Waals surface area contributed by atoms with E-state index in [1.165, 1.54) is 0 Å². The van der Waals surface area contributed by atoms with Crippen molar-refractivity contribution in [2.24, 2.45) is 7.05 Å². The maximum atomic E-state index is 5.64. The predicted molar refractivity (Wildman–Crippen MR) is 36.7 cm³/mol. The van der Waals surface area contributed by atoms with Gasteiger partial charge in [0.05, 0.1) is 13.6 Å². The Bertz CT molecular complexity index is 205. The van der Waals surface area contributed by atoms with Gasteiger partial charge >= 0.3 is 0 Å². The molecule has 9 heavy (non-hydrogen) atoms. The van der Waals surface area contributed by atoms with Gasteiger partial charge in [0.15, 0.2) is 0 Å². The lowest BCUT2D eigenvalue weighted by molar-refractivity contribution is -0.652. The molecule has 3 heteroatoms. The highest BCUT2D eigenvalue weighted by Gasteiger charge is 1.93. The molecule has 0 N–H and O–H groups in total. The first-order valence-corrected chi connectivity index (χ1v) is 3.06. The first kappa shape index (κ1) is 6.40. The normalized spacial score (nSPS) is 10.1. The number of rotatable bonds is 1. The van der Waals surface area contributed by atoms with E-state index in [-0.39, 0.29) is 0 Å². The highest BCUT2D eigenvalue weighted by molar-refractivity contribution is 6.27. The molecule has 0 aliphatic carbocycles. The van der Waals surface area contributed by atoms with Crippen LogP contribution in [0.25, 0.3) is 0 Å². The maximum Gasteiger partial charge on any atom is 0.126 e. The molecule has 1 aromatic heterocycles. The van der Waals surface area contributed by atoms with Gasteiger partial charge in [-0.25, -0.2) is 0 Å². The topological polar surface area (TPSA) is 8.81 Å². The summed E-state index contributed by atoms with van der Waals surface area (Å²) in [6.45, 7) is 3.00. The first-order chi connectivity index (χ1) is 4.25. The average molecular weight is 121 g/mol. The number of imidazole rings is 1. The summed E-state index contributed by atoms with van der Waals surface area (Å²) in [5.41, 5.74) is 0.803. The molecule has 1 rings (SSSR count). The highest BCUT2D eigenvalue weighted by Crippen LogP contribution is 1.76. The molecule has 0 unspecified atom stereocenters. The van der Waals surface area contributed by atoms with Crippen molar-refractivity contribution < 1.29 is 4.57 Å².